The summed E-state index contributed by atoms with van der Waals surface area (Å²) in [5.41, 5.74) is 3.03. The first-order valence-corrected chi connectivity index (χ1v) is 6.89. The van der Waals surface area contributed by atoms with Crippen LogP contribution < -0.4 is 4.90 Å². The number of benzene rings is 2. The van der Waals surface area contributed by atoms with Gasteiger partial charge in [0.1, 0.15) is 6.67 Å². The highest BCUT2D eigenvalue weighted by Crippen LogP contribution is 2.27. The van der Waals surface area contributed by atoms with Crippen LogP contribution in [0.3, 0.4) is 0 Å². The topological polar surface area (TPSA) is 52.9 Å². The summed E-state index contributed by atoms with van der Waals surface area (Å²) >= 11 is 6.20. The Balaban J connectivity index is 1.93. The predicted molar refractivity (Wildman–Crippen MR) is 83.5 cm³/mol. The van der Waals surface area contributed by atoms with Crippen LogP contribution in [0.25, 0.3) is 0 Å². The molecule has 2 aromatic rings. The van der Waals surface area contributed by atoms with Gasteiger partial charge in [-0.15, -0.1) is 0 Å². The van der Waals surface area contributed by atoms with Crippen molar-refractivity contribution in [1.82, 2.24) is 0 Å². The highest BCUT2D eigenvalue weighted by atomic mass is 35.5. The zero-order chi connectivity index (χ0) is 14.8. The molecule has 0 aromatic heterocycles. The van der Waals surface area contributed by atoms with E-state index in [9.17, 15) is 4.79 Å². The number of carboxylic acids is 1. The molecular weight excluding hydrogens is 288 g/mol. The third kappa shape index (κ3) is 2.62. The molecule has 2 aromatic carbocycles. The van der Waals surface area contributed by atoms with E-state index >= 15 is 0 Å². The minimum atomic E-state index is -1.01. The van der Waals surface area contributed by atoms with E-state index in [2.05, 4.69) is 9.89 Å². The molecule has 0 unspecified atom stereocenters. The first-order valence-electron chi connectivity index (χ1n) is 6.51. The number of carbonyl (C=O) groups is 1. The molecule has 106 valence electrons. The van der Waals surface area contributed by atoms with Crippen molar-refractivity contribution in [3.05, 3.63) is 64.2 Å². The van der Waals surface area contributed by atoms with Crippen LogP contribution in [-0.2, 0) is 6.54 Å². The zero-order valence-electron chi connectivity index (χ0n) is 11.2. The van der Waals surface area contributed by atoms with Gasteiger partial charge in [0.05, 0.1) is 10.6 Å². The van der Waals surface area contributed by atoms with Gasteiger partial charge in [-0.1, -0.05) is 41.9 Å². The second-order valence-corrected chi connectivity index (χ2v) is 5.17. The number of aliphatic imine (C=N–C) groups is 1. The molecular formula is C16H13ClN2O2. The maximum atomic E-state index is 11.1. The Morgan fingerprint density at radius 1 is 1.24 bits per heavy atom. The van der Waals surface area contributed by atoms with Gasteiger partial charge in [0.25, 0.3) is 0 Å². The highest BCUT2D eigenvalue weighted by molar-refractivity contribution is 6.34. The van der Waals surface area contributed by atoms with Gasteiger partial charge in [0, 0.05) is 24.0 Å². The van der Waals surface area contributed by atoms with Crippen molar-refractivity contribution in [2.24, 2.45) is 4.99 Å². The summed E-state index contributed by atoms with van der Waals surface area (Å²) in [6.07, 6.45) is 1.85. The Bertz CT molecular complexity index is 728. The number of hydrogen-bond donors (Lipinski definition) is 1. The molecule has 0 aliphatic carbocycles. The smallest absolute Gasteiger partial charge is 0.337 e. The van der Waals surface area contributed by atoms with E-state index in [1.165, 1.54) is 6.07 Å². The SMILES string of the molecule is O=C(O)c1cccc(CN2CN=Cc3ccccc32)c1Cl. The maximum Gasteiger partial charge on any atom is 0.337 e. The van der Waals surface area contributed by atoms with Crippen molar-refractivity contribution >= 4 is 29.5 Å². The van der Waals surface area contributed by atoms with Crippen LogP contribution in [0.2, 0.25) is 5.02 Å². The predicted octanol–water partition coefficient (Wildman–Crippen LogP) is 3.43. The first kappa shape index (κ1) is 13.6. The van der Waals surface area contributed by atoms with Crippen LogP contribution in [0.1, 0.15) is 21.5 Å². The average molecular weight is 301 g/mol. The fourth-order valence-electron chi connectivity index (χ4n) is 2.41. The van der Waals surface area contributed by atoms with Crippen LogP contribution in [0.4, 0.5) is 5.69 Å². The van der Waals surface area contributed by atoms with Gasteiger partial charge < -0.3 is 10.0 Å². The first-order chi connectivity index (χ1) is 10.2. The molecule has 3 rings (SSSR count). The van der Waals surface area contributed by atoms with Crippen LogP contribution in [0.5, 0.6) is 0 Å². The fraction of sp³-hybridized carbons (Fsp3) is 0.125. The second kappa shape index (κ2) is 5.58. The molecule has 21 heavy (non-hydrogen) atoms. The average Bonchev–Trinajstić information content (AvgIpc) is 2.49. The van der Waals surface area contributed by atoms with Crippen molar-refractivity contribution in [3.8, 4) is 0 Å². The van der Waals surface area contributed by atoms with E-state index < -0.39 is 5.97 Å². The number of para-hydroxylation sites is 1. The van der Waals surface area contributed by atoms with Crippen LogP contribution in [0.15, 0.2) is 47.5 Å². The van der Waals surface area contributed by atoms with E-state index in [1.54, 1.807) is 6.07 Å². The standard InChI is InChI=1S/C16H13ClN2O2/c17-15-12(5-3-6-13(15)16(20)21)9-19-10-18-8-11-4-1-2-7-14(11)19/h1-8H,9-10H2,(H,20,21). The molecule has 4 nitrogen and oxygen atoms in total. The van der Waals surface area contributed by atoms with Crippen molar-refractivity contribution in [2.45, 2.75) is 6.54 Å². The molecule has 1 heterocycles. The van der Waals surface area contributed by atoms with Crippen molar-refractivity contribution < 1.29 is 9.90 Å². The Labute approximate surface area is 127 Å². The number of nitrogens with zero attached hydrogens (tertiary/aromatic N) is 2. The number of hydrogen-bond acceptors (Lipinski definition) is 3. The van der Waals surface area contributed by atoms with Gasteiger partial charge in [0.2, 0.25) is 0 Å². The van der Waals surface area contributed by atoms with E-state index in [4.69, 9.17) is 16.7 Å². The molecule has 0 amide bonds. The van der Waals surface area contributed by atoms with E-state index in [0.717, 1.165) is 16.8 Å². The third-order valence-electron chi connectivity index (χ3n) is 3.43. The summed E-state index contributed by atoms with van der Waals surface area (Å²) in [5, 5.41) is 9.42. The maximum absolute atomic E-state index is 11.1. The van der Waals surface area contributed by atoms with Crippen molar-refractivity contribution in [3.63, 3.8) is 0 Å². The summed E-state index contributed by atoms with van der Waals surface area (Å²) < 4.78 is 0. The third-order valence-corrected chi connectivity index (χ3v) is 3.88. The second-order valence-electron chi connectivity index (χ2n) is 4.79. The normalized spacial score (nSPS) is 13.1. The number of carboxylic acid groups (broad SMARTS) is 1. The highest BCUT2D eigenvalue weighted by Gasteiger charge is 2.17. The van der Waals surface area contributed by atoms with Gasteiger partial charge >= 0.3 is 5.97 Å². The Hall–Kier alpha value is -2.33. The number of anilines is 1. The van der Waals surface area contributed by atoms with E-state index in [0.29, 0.717) is 13.2 Å². The lowest BCUT2D eigenvalue weighted by Gasteiger charge is -2.27. The molecule has 1 aliphatic heterocycles. The minimum Gasteiger partial charge on any atom is -0.478 e. The Morgan fingerprint density at radius 2 is 2.05 bits per heavy atom. The van der Waals surface area contributed by atoms with Gasteiger partial charge in [-0.05, 0) is 17.7 Å². The summed E-state index contributed by atoms with van der Waals surface area (Å²) in [7, 11) is 0. The largest absolute Gasteiger partial charge is 0.478 e. The van der Waals surface area contributed by atoms with Gasteiger partial charge in [0.15, 0.2) is 0 Å². The monoisotopic (exact) mass is 300 g/mol. The summed E-state index contributed by atoms with van der Waals surface area (Å²) in [4.78, 5) is 17.5. The Kier molecular flexibility index (Phi) is 3.62. The quantitative estimate of drug-likeness (QED) is 0.945. The number of aromatic carboxylic acids is 1. The van der Waals surface area contributed by atoms with Crippen molar-refractivity contribution in [2.75, 3.05) is 11.6 Å². The van der Waals surface area contributed by atoms with Crippen LogP contribution >= 0.6 is 11.6 Å². The van der Waals surface area contributed by atoms with Gasteiger partial charge in [-0.25, -0.2) is 4.79 Å². The lowest BCUT2D eigenvalue weighted by atomic mass is 10.1. The molecule has 0 saturated carbocycles. The van der Waals surface area contributed by atoms with Gasteiger partial charge in [-0.2, -0.15) is 0 Å². The molecule has 1 aliphatic rings. The Morgan fingerprint density at radius 3 is 2.86 bits per heavy atom. The molecule has 0 radical (unpaired) electrons. The molecule has 0 atom stereocenters. The summed E-state index contributed by atoms with van der Waals surface area (Å²) in [5.74, 6) is -1.01. The molecule has 5 heteroatoms. The van der Waals surface area contributed by atoms with Crippen LogP contribution in [0, 0.1) is 0 Å². The summed E-state index contributed by atoms with van der Waals surface area (Å²) in [6.45, 7) is 1.05. The molecule has 0 bridgehead atoms. The van der Waals surface area contributed by atoms with Gasteiger partial charge in [-0.3, -0.25) is 4.99 Å². The lowest BCUT2D eigenvalue weighted by Crippen LogP contribution is -2.26. The summed E-state index contributed by atoms with van der Waals surface area (Å²) in [6, 6.07) is 13.0. The minimum absolute atomic E-state index is 0.128. The fourth-order valence-corrected chi connectivity index (χ4v) is 2.67. The van der Waals surface area contributed by atoms with E-state index in [1.807, 2.05) is 36.5 Å². The number of fused-ring (bicyclic) bond motifs is 1. The molecule has 0 spiro atoms. The number of halogens is 1. The van der Waals surface area contributed by atoms with Crippen molar-refractivity contribution in [1.29, 1.82) is 0 Å². The zero-order valence-corrected chi connectivity index (χ0v) is 11.9. The van der Waals surface area contributed by atoms with Crippen LogP contribution in [-0.4, -0.2) is 24.0 Å². The van der Waals surface area contributed by atoms with E-state index in [-0.39, 0.29) is 10.6 Å². The lowest BCUT2D eigenvalue weighted by molar-refractivity contribution is 0.0697. The molecule has 0 saturated heterocycles. The molecule has 1 N–H and O–H groups in total. The number of rotatable bonds is 3. The molecule has 0 fully saturated rings.